The Labute approximate surface area is 53.1 Å². The van der Waals surface area contributed by atoms with E-state index in [1.165, 1.54) is 0 Å². The van der Waals surface area contributed by atoms with Crippen LogP contribution in [-0.4, -0.2) is 17.0 Å². The number of nitrogen functional groups attached to an aromatic ring is 1. The first-order valence-electron chi connectivity index (χ1n) is 2.59. The zero-order chi connectivity index (χ0) is 6.69. The predicted octanol–water partition coefficient (Wildman–Crippen LogP) is 0.100. The van der Waals surface area contributed by atoms with Crippen LogP contribution in [0.2, 0.25) is 0 Å². The largest absolute Gasteiger partial charge is 0.384 e. The molecule has 4 heteroatoms. The summed E-state index contributed by atoms with van der Waals surface area (Å²) in [5, 5.41) is 2.77. The second-order valence-electron chi connectivity index (χ2n) is 1.56. The lowest BCUT2D eigenvalue weighted by molar-refractivity contribution is 1.16. The van der Waals surface area contributed by atoms with Crippen LogP contribution in [0.1, 0.15) is 0 Å². The third-order valence-corrected chi connectivity index (χ3v) is 0.901. The molecule has 0 radical (unpaired) electrons. The average Bonchev–Trinajstić information content (AvgIpc) is 1.88. The van der Waals surface area contributed by atoms with E-state index in [0.717, 1.165) is 0 Å². The molecular weight excluding hydrogens is 116 g/mol. The van der Waals surface area contributed by atoms with Crippen LogP contribution in [0.4, 0.5) is 11.8 Å². The smallest absolute Gasteiger partial charge is 0.224 e. The monoisotopic (exact) mass is 124 g/mol. The summed E-state index contributed by atoms with van der Waals surface area (Å²) in [5.74, 6) is 1.03. The Hall–Kier alpha value is -1.32. The zero-order valence-corrected chi connectivity index (χ0v) is 5.13. The van der Waals surface area contributed by atoms with E-state index >= 15 is 0 Å². The molecule has 0 saturated heterocycles. The molecule has 0 aliphatic rings. The summed E-state index contributed by atoms with van der Waals surface area (Å²) >= 11 is 0. The minimum Gasteiger partial charge on any atom is -0.384 e. The van der Waals surface area contributed by atoms with Gasteiger partial charge in [-0.3, -0.25) is 0 Å². The summed E-state index contributed by atoms with van der Waals surface area (Å²) in [5.41, 5.74) is 5.34. The molecule has 0 fully saturated rings. The number of nitrogens with zero attached hydrogens (tertiary/aromatic N) is 2. The van der Waals surface area contributed by atoms with E-state index in [0.29, 0.717) is 11.8 Å². The Morgan fingerprint density at radius 3 is 2.89 bits per heavy atom. The Morgan fingerprint density at radius 2 is 2.44 bits per heavy atom. The Bertz CT molecular complexity index is 198. The van der Waals surface area contributed by atoms with Crippen molar-refractivity contribution in [2.24, 2.45) is 0 Å². The predicted molar refractivity (Wildman–Crippen MR) is 36.0 cm³/mol. The molecule has 0 aromatic carbocycles. The second-order valence-corrected chi connectivity index (χ2v) is 1.56. The molecule has 0 unspecified atom stereocenters. The number of hydrogen-bond donors (Lipinski definition) is 2. The molecular formula is C5H8N4. The summed E-state index contributed by atoms with van der Waals surface area (Å²) in [7, 11) is 1.74. The zero-order valence-electron chi connectivity index (χ0n) is 5.13. The van der Waals surface area contributed by atoms with Crippen LogP contribution in [0.15, 0.2) is 12.3 Å². The minimum atomic E-state index is 0.481. The van der Waals surface area contributed by atoms with Crippen LogP contribution >= 0.6 is 0 Å². The highest BCUT2D eigenvalue weighted by atomic mass is 15.1. The third kappa shape index (κ3) is 1.28. The van der Waals surface area contributed by atoms with Gasteiger partial charge in [0, 0.05) is 13.2 Å². The van der Waals surface area contributed by atoms with Crippen molar-refractivity contribution in [3.63, 3.8) is 0 Å². The molecule has 0 aliphatic carbocycles. The van der Waals surface area contributed by atoms with Gasteiger partial charge in [-0.1, -0.05) is 0 Å². The minimum absolute atomic E-state index is 0.481. The molecule has 3 N–H and O–H groups in total. The van der Waals surface area contributed by atoms with Crippen molar-refractivity contribution >= 4 is 11.8 Å². The fraction of sp³-hybridized carbons (Fsp3) is 0.200. The van der Waals surface area contributed by atoms with Gasteiger partial charge in [0.2, 0.25) is 5.95 Å². The first-order chi connectivity index (χ1) is 4.33. The first-order valence-corrected chi connectivity index (χ1v) is 2.59. The lowest BCUT2D eigenvalue weighted by atomic mass is 10.6. The molecule has 4 nitrogen and oxygen atoms in total. The molecule has 1 rings (SSSR count). The van der Waals surface area contributed by atoms with Crippen molar-refractivity contribution in [1.82, 2.24) is 9.97 Å². The van der Waals surface area contributed by atoms with Crippen molar-refractivity contribution in [3.8, 4) is 0 Å². The highest BCUT2D eigenvalue weighted by molar-refractivity contribution is 5.34. The van der Waals surface area contributed by atoms with Gasteiger partial charge in [-0.2, -0.15) is 4.98 Å². The Morgan fingerprint density at radius 1 is 1.67 bits per heavy atom. The van der Waals surface area contributed by atoms with Crippen molar-refractivity contribution < 1.29 is 0 Å². The van der Waals surface area contributed by atoms with Crippen LogP contribution in [0, 0.1) is 0 Å². The van der Waals surface area contributed by atoms with Crippen LogP contribution in [0.3, 0.4) is 0 Å². The van der Waals surface area contributed by atoms with E-state index in [4.69, 9.17) is 5.73 Å². The van der Waals surface area contributed by atoms with Crippen molar-refractivity contribution in [1.29, 1.82) is 0 Å². The van der Waals surface area contributed by atoms with Crippen LogP contribution < -0.4 is 11.1 Å². The first kappa shape index (κ1) is 5.81. The standard InChI is InChI=1S/C5H8N4/c1-7-5-8-3-2-4(6)9-5/h2-3H,1H3,(H3,6,7,8,9). The van der Waals surface area contributed by atoms with E-state index < -0.39 is 0 Å². The van der Waals surface area contributed by atoms with Gasteiger partial charge in [-0.25, -0.2) is 4.98 Å². The molecule has 0 bridgehead atoms. The number of anilines is 2. The number of nitrogens with two attached hydrogens (primary N) is 1. The highest BCUT2D eigenvalue weighted by Crippen LogP contribution is 1.98. The summed E-state index contributed by atoms with van der Waals surface area (Å²) < 4.78 is 0. The fourth-order valence-electron chi connectivity index (χ4n) is 0.493. The maximum atomic E-state index is 5.34. The SMILES string of the molecule is CNc1nccc(N)n1. The molecule has 0 amide bonds. The summed E-state index contributed by atoms with van der Waals surface area (Å²) in [6, 6.07) is 1.64. The van der Waals surface area contributed by atoms with Gasteiger partial charge >= 0.3 is 0 Å². The molecule has 9 heavy (non-hydrogen) atoms. The number of nitrogens with one attached hydrogen (secondary N) is 1. The maximum absolute atomic E-state index is 5.34. The van der Waals surface area contributed by atoms with Gasteiger partial charge in [0.25, 0.3) is 0 Å². The number of hydrogen-bond acceptors (Lipinski definition) is 4. The molecule has 0 atom stereocenters. The van der Waals surface area contributed by atoms with Gasteiger partial charge in [-0.15, -0.1) is 0 Å². The van der Waals surface area contributed by atoms with E-state index in [2.05, 4.69) is 15.3 Å². The van der Waals surface area contributed by atoms with Gasteiger partial charge in [-0.05, 0) is 6.07 Å². The van der Waals surface area contributed by atoms with E-state index in [-0.39, 0.29) is 0 Å². The lowest BCUT2D eigenvalue weighted by Gasteiger charge is -1.95. The van der Waals surface area contributed by atoms with Crippen molar-refractivity contribution in [2.45, 2.75) is 0 Å². The molecule has 1 aromatic rings. The topological polar surface area (TPSA) is 63.8 Å². The van der Waals surface area contributed by atoms with E-state index in [1.807, 2.05) is 0 Å². The summed E-state index contributed by atoms with van der Waals surface area (Å²) in [6.07, 6.45) is 1.61. The highest BCUT2D eigenvalue weighted by Gasteiger charge is 1.88. The summed E-state index contributed by atoms with van der Waals surface area (Å²) in [4.78, 5) is 7.70. The van der Waals surface area contributed by atoms with Crippen LogP contribution in [-0.2, 0) is 0 Å². The second kappa shape index (κ2) is 2.30. The van der Waals surface area contributed by atoms with Crippen LogP contribution in [0.25, 0.3) is 0 Å². The molecule has 0 saturated carbocycles. The lowest BCUT2D eigenvalue weighted by Crippen LogP contribution is -1.98. The normalized spacial score (nSPS) is 9.00. The molecule has 1 heterocycles. The van der Waals surface area contributed by atoms with Crippen molar-refractivity contribution in [3.05, 3.63) is 12.3 Å². The van der Waals surface area contributed by atoms with Gasteiger partial charge in [0.1, 0.15) is 5.82 Å². The van der Waals surface area contributed by atoms with Gasteiger partial charge in [0.15, 0.2) is 0 Å². The fourth-order valence-corrected chi connectivity index (χ4v) is 0.493. The Kier molecular flexibility index (Phi) is 1.48. The van der Waals surface area contributed by atoms with Gasteiger partial charge < -0.3 is 11.1 Å². The van der Waals surface area contributed by atoms with Gasteiger partial charge in [0.05, 0.1) is 0 Å². The number of aromatic nitrogens is 2. The van der Waals surface area contributed by atoms with E-state index in [9.17, 15) is 0 Å². The Balaban J connectivity index is 2.94. The summed E-state index contributed by atoms with van der Waals surface area (Å²) in [6.45, 7) is 0. The van der Waals surface area contributed by atoms with Crippen molar-refractivity contribution in [2.75, 3.05) is 18.1 Å². The third-order valence-electron chi connectivity index (χ3n) is 0.901. The van der Waals surface area contributed by atoms with Crippen LogP contribution in [0.5, 0.6) is 0 Å². The number of rotatable bonds is 1. The van der Waals surface area contributed by atoms with E-state index in [1.54, 1.807) is 19.3 Å². The molecule has 48 valence electrons. The average molecular weight is 124 g/mol. The molecule has 0 spiro atoms. The quantitative estimate of drug-likeness (QED) is 0.557. The molecule has 1 aromatic heterocycles. The molecule has 0 aliphatic heterocycles. The maximum Gasteiger partial charge on any atom is 0.224 e.